The zero-order chi connectivity index (χ0) is 26.8. The summed E-state index contributed by atoms with van der Waals surface area (Å²) < 4.78 is 2.15. The average Bonchev–Trinajstić information content (AvgIpc) is 3.35. The van der Waals surface area contributed by atoms with E-state index in [-0.39, 0.29) is 5.91 Å². The van der Waals surface area contributed by atoms with Crippen LogP contribution in [0.3, 0.4) is 0 Å². The highest BCUT2D eigenvalue weighted by Gasteiger charge is 2.28. The number of likely N-dealkylation sites (tertiary alicyclic amines) is 1. The zero-order valence-corrected chi connectivity index (χ0v) is 22.4. The lowest BCUT2D eigenvalue weighted by atomic mass is 9.97. The van der Waals surface area contributed by atoms with E-state index < -0.39 is 0 Å². The molecule has 3 heterocycles. The summed E-state index contributed by atoms with van der Waals surface area (Å²) in [5.74, 6) is 0.383. The molecule has 1 aliphatic heterocycles. The largest absolute Gasteiger partial charge is 0.299 e. The Morgan fingerprint density at radius 1 is 0.897 bits per heavy atom. The molecule has 0 bridgehead atoms. The molecule has 39 heavy (non-hydrogen) atoms. The number of nitrogens with zero attached hydrogens (tertiary/aromatic N) is 4. The number of hydrogen-bond donors (Lipinski definition) is 1. The van der Waals surface area contributed by atoms with Gasteiger partial charge in [0.15, 0.2) is 5.82 Å². The number of nitrogens with one attached hydrogen (secondary N) is 1. The molecule has 1 unspecified atom stereocenters. The van der Waals surface area contributed by atoms with Crippen molar-refractivity contribution in [1.82, 2.24) is 14.3 Å². The Morgan fingerprint density at radius 2 is 1.62 bits per heavy atom. The topological polar surface area (TPSA) is 52.9 Å². The van der Waals surface area contributed by atoms with Crippen molar-refractivity contribution >= 4 is 23.1 Å². The van der Waals surface area contributed by atoms with Crippen molar-refractivity contribution in [3.63, 3.8) is 0 Å². The lowest BCUT2D eigenvalue weighted by Crippen LogP contribution is -2.37. The van der Waals surface area contributed by atoms with Crippen molar-refractivity contribution in [2.45, 2.75) is 32.2 Å². The van der Waals surface area contributed by atoms with Gasteiger partial charge in [0.25, 0.3) is 5.91 Å². The van der Waals surface area contributed by atoms with Crippen molar-refractivity contribution in [3.05, 3.63) is 120 Å². The number of carbonyl (C=O) groups is 1. The molecule has 6 heteroatoms. The van der Waals surface area contributed by atoms with E-state index >= 15 is 0 Å². The van der Waals surface area contributed by atoms with Gasteiger partial charge in [0.1, 0.15) is 5.65 Å². The van der Waals surface area contributed by atoms with E-state index in [0.29, 0.717) is 17.4 Å². The van der Waals surface area contributed by atoms with Crippen LogP contribution in [0.25, 0.3) is 16.9 Å². The van der Waals surface area contributed by atoms with Crippen molar-refractivity contribution < 1.29 is 4.79 Å². The van der Waals surface area contributed by atoms with Gasteiger partial charge in [0.05, 0.1) is 11.4 Å². The fraction of sp³-hybridized carbons (Fsp3) is 0.212. The number of carbonyl (C=O) groups excluding carboxylic acids is 1. The highest BCUT2D eigenvalue weighted by atomic mass is 16.2. The number of benzene rings is 3. The molecule has 1 saturated heterocycles. The van der Waals surface area contributed by atoms with Crippen LogP contribution in [-0.2, 0) is 0 Å². The van der Waals surface area contributed by atoms with Crippen LogP contribution < -0.4 is 10.4 Å². The Hall–Kier alpha value is -4.42. The van der Waals surface area contributed by atoms with Crippen LogP contribution in [0.15, 0.2) is 103 Å². The number of pyridine rings is 1. The van der Waals surface area contributed by atoms with Gasteiger partial charge in [0, 0.05) is 23.4 Å². The molecule has 1 fully saturated rings. The van der Waals surface area contributed by atoms with Crippen molar-refractivity contribution in [3.8, 4) is 11.3 Å². The summed E-state index contributed by atoms with van der Waals surface area (Å²) in [5, 5.41) is 1.58. The van der Waals surface area contributed by atoms with Crippen LogP contribution in [0, 0.1) is 6.92 Å². The van der Waals surface area contributed by atoms with Crippen molar-refractivity contribution in [2.24, 2.45) is 0 Å². The SMILES string of the molecule is Cc1ccc(-c2c(N(Nc3ccccc3)C(=O)c3ccccc3)nc3ccc(C4CCCCN4C)cn23)cc1. The molecule has 6 rings (SSSR count). The van der Waals surface area contributed by atoms with E-state index in [4.69, 9.17) is 4.98 Å². The van der Waals surface area contributed by atoms with Crippen LogP contribution in [-0.4, -0.2) is 33.8 Å². The summed E-state index contributed by atoms with van der Waals surface area (Å²) in [5.41, 5.74) is 9.85. The normalized spacial score (nSPS) is 15.8. The van der Waals surface area contributed by atoms with E-state index in [1.165, 1.54) is 24.0 Å². The summed E-state index contributed by atoms with van der Waals surface area (Å²) in [6.45, 7) is 3.18. The van der Waals surface area contributed by atoms with Crippen LogP contribution in [0.1, 0.15) is 46.8 Å². The number of aromatic nitrogens is 2. The van der Waals surface area contributed by atoms with Crippen molar-refractivity contribution in [1.29, 1.82) is 0 Å². The third kappa shape index (κ3) is 5.03. The third-order valence-corrected chi connectivity index (χ3v) is 7.55. The van der Waals surface area contributed by atoms with Gasteiger partial charge in [-0.2, -0.15) is 5.01 Å². The first-order valence-electron chi connectivity index (χ1n) is 13.6. The van der Waals surface area contributed by atoms with Gasteiger partial charge in [-0.1, -0.05) is 78.7 Å². The Labute approximate surface area is 229 Å². The molecule has 3 aromatic carbocycles. The van der Waals surface area contributed by atoms with E-state index in [0.717, 1.165) is 35.6 Å². The molecule has 0 spiro atoms. The molecule has 5 aromatic rings. The van der Waals surface area contributed by atoms with Crippen LogP contribution in [0.5, 0.6) is 0 Å². The van der Waals surface area contributed by atoms with Gasteiger partial charge in [-0.25, -0.2) is 4.98 Å². The molecule has 1 N–H and O–H groups in total. The zero-order valence-electron chi connectivity index (χ0n) is 22.4. The highest BCUT2D eigenvalue weighted by molar-refractivity contribution is 6.08. The van der Waals surface area contributed by atoms with E-state index in [1.54, 1.807) is 5.01 Å². The van der Waals surface area contributed by atoms with Gasteiger partial charge >= 0.3 is 0 Å². The molecule has 0 aliphatic carbocycles. The first-order valence-corrected chi connectivity index (χ1v) is 13.6. The molecular formula is C33H33N5O. The number of aryl methyl sites for hydroxylation is 1. The maximum absolute atomic E-state index is 14.0. The summed E-state index contributed by atoms with van der Waals surface area (Å²) in [6.07, 6.45) is 5.81. The predicted molar refractivity (Wildman–Crippen MR) is 158 cm³/mol. The maximum Gasteiger partial charge on any atom is 0.278 e. The molecule has 6 nitrogen and oxygen atoms in total. The Morgan fingerprint density at radius 3 is 2.33 bits per heavy atom. The number of fused-ring (bicyclic) bond motifs is 1. The molecule has 2 aromatic heterocycles. The van der Waals surface area contributed by atoms with Gasteiger partial charge in [-0.05, 0) is 69.3 Å². The van der Waals surface area contributed by atoms with Crippen LogP contribution in [0.2, 0.25) is 0 Å². The Kier molecular flexibility index (Phi) is 6.86. The monoisotopic (exact) mass is 515 g/mol. The second-order valence-electron chi connectivity index (χ2n) is 10.3. The van der Waals surface area contributed by atoms with Gasteiger partial charge in [-0.15, -0.1) is 0 Å². The second-order valence-corrected chi connectivity index (χ2v) is 10.3. The van der Waals surface area contributed by atoms with E-state index in [9.17, 15) is 4.79 Å². The Bertz CT molecular complexity index is 1580. The lowest BCUT2D eigenvalue weighted by Gasteiger charge is -2.32. The number of imidazole rings is 1. The minimum atomic E-state index is -0.177. The number of anilines is 2. The summed E-state index contributed by atoms with van der Waals surface area (Å²) >= 11 is 0. The van der Waals surface area contributed by atoms with Crippen LogP contribution >= 0.6 is 0 Å². The molecule has 1 atom stereocenters. The van der Waals surface area contributed by atoms with Gasteiger partial charge in [-0.3, -0.25) is 19.5 Å². The minimum Gasteiger partial charge on any atom is -0.299 e. The molecule has 1 amide bonds. The first-order chi connectivity index (χ1) is 19.1. The fourth-order valence-corrected chi connectivity index (χ4v) is 5.43. The second kappa shape index (κ2) is 10.8. The van der Waals surface area contributed by atoms with E-state index in [2.05, 4.69) is 71.3 Å². The number of rotatable bonds is 6. The average molecular weight is 516 g/mol. The predicted octanol–water partition coefficient (Wildman–Crippen LogP) is 7.14. The third-order valence-electron chi connectivity index (χ3n) is 7.55. The molecular weight excluding hydrogens is 482 g/mol. The Balaban J connectivity index is 1.55. The molecule has 0 saturated carbocycles. The number of amides is 1. The number of hydrogen-bond acceptors (Lipinski definition) is 4. The number of para-hydroxylation sites is 1. The fourth-order valence-electron chi connectivity index (χ4n) is 5.43. The first kappa shape index (κ1) is 24.9. The standard InChI is InChI=1S/C33H33N5O/c1-24-16-18-25(19-17-24)31-32(34-30-21-20-27(23-37(30)31)29-15-9-10-22-36(29)2)38(35-28-13-7-4-8-14-28)33(39)26-11-5-3-6-12-26/h3-8,11-14,16-21,23,29,35H,9-10,15,22H2,1-2H3. The maximum atomic E-state index is 14.0. The summed E-state index contributed by atoms with van der Waals surface area (Å²) in [4.78, 5) is 21.5. The van der Waals surface area contributed by atoms with Crippen LogP contribution in [0.4, 0.5) is 11.5 Å². The number of piperidine rings is 1. The van der Waals surface area contributed by atoms with E-state index in [1.807, 2.05) is 60.7 Å². The summed E-state index contributed by atoms with van der Waals surface area (Å²) in [6, 6.07) is 32.1. The number of hydrazine groups is 1. The van der Waals surface area contributed by atoms with Crippen molar-refractivity contribution in [2.75, 3.05) is 24.0 Å². The highest BCUT2D eigenvalue weighted by Crippen LogP contribution is 2.36. The van der Waals surface area contributed by atoms with Gasteiger partial charge in [0.2, 0.25) is 0 Å². The molecule has 1 aliphatic rings. The molecule has 0 radical (unpaired) electrons. The smallest absolute Gasteiger partial charge is 0.278 e. The minimum absolute atomic E-state index is 0.177. The summed E-state index contributed by atoms with van der Waals surface area (Å²) in [7, 11) is 2.21. The quantitative estimate of drug-likeness (QED) is 0.244. The lowest BCUT2D eigenvalue weighted by molar-refractivity contribution is 0.0992. The molecule has 196 valence electrons. The van der Waals surface area contributed by atoms with Gasteiger partial charge < -0.3 is 0 Å².